The van der Waals surface area contributed by atoms with Crippen molar-refractivity contribution >= 4 is 11.6 Å². The number of morpholine rings is 1. The number of nitrogens with one attached hydrogen (secondary N) is 1. The van der Waals surface area contributed by atoms with Gasteiger partial charge in [-0.1, -0.05) is 18.2 Å². The van der Waals surface area contributed by atoms with E-state index in [1.54, 1.807) is 0 Å². The van der Waals surface area contributed by atoms with Crippen molar-refractivity contribution in [3.8, 4) is 0 Å². The predicted molar refractivity (Wildman–Crippen MR) is 101 cm³/mol. The van der Waals surface area contributed by atoms with Crippen molar-refractivity contribution in [2.75, 3.05) is 51.8 Å². The Labute approximate surface area is 151 Å². The van der Waals surface area contributed by atoms with Crippen LogP contribution in [0.4, 0.5) is 5.69 Å². The van der Waals surface area contributed by atoms with Crippen molar-refractivity contribution in [3.63, 3.8) is 0 Å². The Bertz CT molecular complexity index is 558. The molecular formula is C20H31N3O2. The van der Waals surface area contributed by atoms with Crippen molar-refractivity contribution in [3.05, 3.63) is 29.8 Å². The number of carbonyl (C=O) groups is 1. The van der Waals surface area contributed by atoms with E-state index in [1.807, 2.05) is 18.2 Å². The van der Waals surface area contributed by atoms with Crippen LogP contribution < -0.4 is 5.32 Å². The maximum absolute atomic E-state index is 12.4. The SMILES string of the molecule is CN1CCCC(CCC(=O)Nc2ccccc2CN2CCOCC2)C1. The fraction of sp³-hybridized carbons (Fsp3) is 0.650. The summed E-state index contributed by atoms with van der Waals surface area (Å²) in [6.07, 6.45) is 4.11. The van der Waals surface area contributed by atoms with Gasteiger partial charge in [0.25, 0.3) is 0 Å². The summed E-state index contributed by atoms with van der Waals surface area (Å²) >= 11 is 0. The van der Waals surface area contributed by atoms with Crippen molar-refractivity contribution in [2.24, 2.45) is 5.92 Å². The standard InChI is InChI=1S/C20H31N3O2/c1-22-10-4-5-17(15-22)8-9-20(24)21-19-7-3-2-6-18(19)16-23-11-13-25-14-12-23/h2-3,6-7,17H,4-5,8-16H2,1H3,(H,21,24). The van der Waals surface area contributed by atoms with Crippen LogP contribution in [0.5, 0.6) is 0 Å². The lowest BCUT2D eigenvalue weighted by molar-refractivity contribution is -0.116. The van der Waals surface area contributed by atoms with Gasteiger partial charge in [0.1, 0.15) is 0 Å². The molecular weight excluding hydrogens is 314 g/mol. The Kier molecular flexibility index (Phi) is 6.84. The van der Waals surface area contributed by atoms with Gasteiger partial charge in [0, 0.05) is 38.3 Å². The van der Waals surface area contributed by atoms with Crippen LogP contribution in [-0.4, -0.2) is 62.1 Å². The molecule has 2 heterocycles. The van der Waals surface area contributed by atoms with Gasteiger partial charge >= 0.3 is 0 Å². The van der Waals surface area contributed by atoms with E-state index < -0.39 is 0 Å². The minimum Gasteiger partial charge on any atom is -0.379 e. The number of carbonyl (C=O) groups excluding carboxylic acids is 1. The van der Waals surface area contributed by atoms with Crippen LogP contribution in [-0.2, 0) is 16.1 Å². The van der Waals surface area contributed by atoms with Crippen molar-refractivity contribution < 1.29 is 9.53 Å². The zero-order valence-corrected chi connectivity index (χ0v) is 15.4. The molecule has 2 fully saturated rings. The largest absolute Gasteiger partial charge is 0.379 e. The van der Waals surface area contributed by atoms with Crippen molar-refractivity contribution in [1.82, 2.24) is 9.80 Å². The highest BCUT2D eigenvalue weighted by molar-refractivity contribution is 5.91. The summed E-state index contributed by atoms with van der Waals surface area (Å²) in [6.45, 7) is 6.69. The number of benzene rings is 1. The zero-order chi connectivity index (χ0) is 17.5. The first-order valence-corrected chi connectivity index (χ1v) is 9.57. The second kappa shape index (κ2) is 9.32. The first kappa shape index (κ1) is 18.4. The van der Waals surface area contributed by atoms with Crippen LogP contribution in [0.15, 0.2) is 24.3 Å². The normalized spacial score (nSPS) is 22.7. The summed E-state index contributed by atoms with van der Waals surface area (Å²) in [5.41, 5.74) is 2.15. The van der Waals surface area contributed by atoms with Gasteiger partial charge in [0.15, 0.2) is 0 Å². The van der Waals surface area contributed by atoms with E-state index in [-0.39, 0.29) is 5.91 Å². The number of amides is 1. The maximum atomic E-state index is 12.4. The highest BCUT2D eigenvalue weighted by Crippen LogP contribution is 2.22. The number of nitrogens with zero attached hydrogens (tertiary/aromatic N) is 2. The number of hydrogen-bond acceptors (Lipinski definition) is 4. The topological polar surface area (TPSA) is 44.8 Å². The molecule has 5 heteroatoms. The summed E-state index contributed by atoms with van der Waals surface area (Å²) in [6, 6.07) is 8.17. The van der Waals surface area contributed by atoms with Crippen LogP contribution in [0, 0.1) is 5.92 Å². The number of piperidine rings is 1. The Morgan fingerprint density at radius 1 is 1.24 bits per heavy atom. The highest BCUT2D eigenvalue weighted by atomic mass is 16.5. The van der Waals surface area contributed by atoms with Gasteiger partial charge in [0.05, 0.1) is 13.2 Å². The molecule has 1 atom stereocenters. The molecule has 1 unspecified atom stereocenters. The molecule has 2 aliphatic heterocycles. The molecule has 1 aromatic carbocycles. The van der Waals surface area contributed by atoms with E-state index in [4.69, 9.17) is 4.74 Å². The molecule has 5 nitrogen and oxygen atoms in total. The molecule has 0 saturated carbocycles. The zero-order valence-electron chi connectivity index (χ0n) is 15.4. The summed E-state index contributed by atoms with van der Waals surface area (Å²) in [4.78, 5) is 17.2. The number of ether oxygens (including phenoxy) is 1. The summed E-state index contributed by atoms with van der Waals surface area (Å²) in [5, 5.41) is 3.14. The molecule has 1 amide bonds. The molecule has 1 aromatic rings. The van der Waals surface area contributed by atoms with Crippen LogP contribution >= 0.6 is 0 Å². The number of likely N-dealkylation sites (tertiary alicyclic amines) is 1. The molecule has 0 aliphatic carbocycles. The third kappa shape index (κ3) is 5.80. The average molecular weight is 345 g/mol. The third-order valence-electron chi connectivity index (χ3n) is 5.29. The van der Waals surface area contributed by atoms with Crippen LogP contribution in [0.3, 0.4) is 0 Å². The van der Waals surface area contributed by atoms with E-state index in [0.29, 0.717) is 12.3 Å². The summed E-state index contributed by atoms with van der Waals surface area (Å²) < 4.78 is 5.41. The summed E-state index contributed by atoms with van der Waals surface area (Å²) in [7, 11) is 2.17. The number of anilines is 1. The monoisotopic (exact) mass is 345 g/mol. The van der Waals surface area contributed by atoms with Gasteiger partial charge in [-0.3, -0.25) is 9.69 Å². The van der Waals surface area contributed by atoms with E-state index in [9.17, 15) is 4.79 Å². The molecule has 1 N–H and O–H groups in total. The molecule has 25 heavy (non-hydrogen) atoms. The Morgan fingerprint density at radius 3 is 2.84 bits per heavy atom. The molecule has 0 aromatic heterocycles. The lowest BCUT2D eigenvalue weighted by atomic mass is 9.93. The lowest BCUT2D eigenvalue weighted by Crippen LogP contribution is -2.35. The highest BCUT2D eigenvalue weighted by Gasteiger charge is 2.18. The lowest BCUT2D eigenvalue weighted by Gasteiger charge is -2.29. The first-order valence-electron chi connectivity index (χ1n) is 9.57. The van der Waals surface area contributed by atoms with Crippen LogP contribution in [0.25, 0.3) is 0 Å². The molecule has 2 aliphatic rings. The minimum atomic E-state index is 0.141. The van der Waals surface area contributed by atoms with Crippen molar-refractivity contribution in [2.45, 2.75) is 32.2 Å². The van der Waals surface area contributed by atoms with Gasteiger partial charge in [-0.2, -0.15) is 0 Å². The maximum Gasteiger partial charge on any atom is 0.224 e. The minimum absolute atomic E-state index is 0.141. The van der Waals surface area contributed by atoms with Gasteiger partial charge in [-0.25, -0.2) is 0 Å². The van der Waals surface area contributed by atoms with Crippen LogP contribution in [0.1, 0.15) is 31.2 Å². The Balaban J connectivity index is 1.50. The average Bonchev–Trinajstić information content (AvgIpc) is 2.63. The van der Waals surface area contributed by atoms with Gasteiger partial charge < -0.3 is 15.0 Å². The quantitative estimate of drug-likeness (QED) is 0.861. The third-order valence-corrected chi connectivity index (χ3v) is 5.29. The Morgan fingerprint density at radius 2 is 2.04 bits per heavy atom. The molecule has 138 valence electrons. The van der Waals surface area contributed by atoms with Crippen molar-refractivity contribution in [1.29, 1.82) is 0 Å². The number of hydrogen-bond donors (Lipinski definition) is 1. The fourth-order valence-corrected chi connectivity index (χ4v) is 3.84. The van der Waals surface area contributed by atoms with Gasteiger partial charge in [-0.05, 0) is 50.4 Å². The molecule has 0 radical (unpaired) electrons. The van der Waals surface area contributed by atoms with E-state index in [1.165, 1.54) is 24.9 Å². The molecule has 2 saturated heterocycles. The number of rotatable bonds is 6. The molecule has 0 bridgehead atoms. The first-order chi connectivity index (χ1) is 12.2. The van der Waals surface area contributed by atoms with Gasteiger partial charge in [-0.15, -0.1) is 0 Å². The summed E-state index contributed by atoms with van der Waals surface area (Å²) in [5.74, 6) is 0.802. The molecule has 0 spiro atoms. The molecule has 3 rings (SSSR count). The van der Waals surface area contributed by atoms with Gasteiger partial charge in [0.2, 0.25) is 5.91 Å². The second-order valence-electron chi connectivity index (χ2n) is 7.40. The van der Waals surface area contributed by atoms with E-state index in [0.717, 1.165) is 51.5 Å². The van der Waals surface area contributed by atoms with E-state index >= 15 is 0 Å². The fourth-order valence-electron chi connectivity index (χ4n) is 3.84. The smallest absolute Gasteiger partial charge is 0.224 e. The van der Waals surface area contributed by atoms with Crippen LogP contribution in [0.2, 0.25) is 0 Å². The Hall–Kier alpha value is -1.43. The van der Waals surface area contributed by atoms with E-state index in [2.05, 4.69) is 28.2 Å². The predicted octanol–water partition coefficient (Wildman–Crippen LogP) is 2.58. The second-order valence-corrected chi connectivity index (χ2v) is 7.40. The number of para-hydroxylation sites is 1.